The third-order valence-electron chi connectivity index (χ3n) is 5.49. The van der Waals surface area contributed by atoms with Crippen molar-refractivity contribution < 1.29 is 22.8 Å². The average molecular weight is 406 g/mol. The Morgan fingerprint density at radius 2 is 1.75 bits per heavy atom. The predicted octanol–water partition coefficient (Wildman–Crippen LogP) is 1.49. The van der Waals surface area contributed by atoms with Gasteiger partial charge in [0.2, 0.25) is 10.0 Å². The smallest absolute Gasteiger partial charge is 0.240 e. The topological polar surface area (TPSA) is 69.1 Å². The van der Waals surface area contributed by atoms with Gasteiger partial charge in [0.1, 0.15) is 6.04 Å². The summed E-state index contributed by atoms with van der Waals surface area (Å²) in [6.07, 6.45) is 0.931. The van der Waals surface area contributed by atoms with E-state index < -0.39 is 10.0 Å². The van der Waals surface area contributed by atoms with Gasteiger partial charge in [-0.25, -0.2) is 13.1 Å². The molecule has 1 heterocycles. The normalized spacial score (nSPS) is 19.1. The molecule has 0 spiro atoms. The van der Waals surface area contributed by atoms with Crippen LogP contribution in [0.5, 0.6) is 11.5 Å². The highest BCUT2D eigenvalue weighted by atomic mass is 32.2. The van der Waals surface area contributed by atoms with E-state index in [9.17, 15) is 8.42 Å². The fourth-order valence-corrected chi connectivity index (χ4v) is 4.89. The van der Waals surface area contributed by atoms with Gasteiger partial charge in [-0.2, -0.15) is 0 Å². The van der Waals surface area contributed by atoms with Crippen LogP contribution < -0.4 is 19.1 Å². The molecule has 152 valence electrons. The Morgan fingerprint density at radius 3 is 2.36 bits per heavy atom. The van der Waals surface area contributed by atoms with Crippen LogP contribution in [0.2, 0.25) is 0 Å². The minimum absolute atomic E-state index is 0.0220. The van der Waals surface area contributed by atoms with E-state index >= 15 is 0 Å². The lowest BCUT2D eigenvalue weighted by atomic mass is 9.92. The van der Waals surface area contributed by atoms with Crippen molar-refractivity contribution in [2.24, 2.45) is 0 Å². The first-order valence-electron chi connectivity index (χ1n) is 9.55. The van der Waals surface area contributed by atoms with Gasteiger partial charge in [-0.3, -0.25) is 0 Å². The fourth-order valence-electron chi connectivity index (χ4n) is 3.84. The molecule has 7 heteroatoms. The van der Waals surface area contributed by atoms with Crippen LogP contribution in [0.25, 0.3) is 0 Å². The van der Waals surface area contributed by atoms with Crippen LogP contribution >= 0.6 is 0 Å². The van der Waals surface area contributed by atoms with Crippen molar-refractivity contribution in [2.75, 3.05) is 33.9 Å². The van der Waals surface area contributed by atoms with Gasteiger partial charge in [-0.1, -0.05) is 17.7 Å². The standard InChI is InChI=1S/C21H28N2O4S/c1-5-23-11-10-16-12-20(26-3)21(27-4)13-18(16)19(23)14-22-28(24,25)17-8-6-15(2)7-9-17/h6-9,12-13,19,22H,5,10-11,14H2,1-4H3/p+1/t19-/m1/s1. The molecule has 1 aliphatic rings. The summed E-state index contributed by atoms with van der Waals surface area (Å²) in [5, 5.41) is 0. The Balaban J connectivity index is 1.89. The van der Waals surface area contributed by atoms with Crippen LogP contribution in [0.3, 0.4) is 0 Å². The molecule has 0 bridgehead atoms. The van der Waals surface area contributed by atoms with Gasteiger partial charge in [-0.15, -0.1) is 0 Å². The van der Waals surface area contributed by atoms with Crippen LogP contribution in [0.15, 0.2) is 41.3 Å². The molecule has 0 aliphatic carbocycles. The Hall–Kier alpha value is -2.09. The minimum atomic E-state index is -3.56. The number of hydrogen-bond acceptors (Lipinski definition) is 4. The van der Waals surface area contributed by atoms with Crippen LogP contribution in [0.4, 0.5) is 0 Å². The van der Waals surface area contributed by atoms with Crippen molar-refractivity contribution in [2.45, 2.75) is 31.2 Å². The molecule has 0 amide bonds. The number of aryl methyl sites for hydroxylation is 1. The third kappa shape index (κ3) is 4.16. The molecule has 3 rings (SSSR count). The zero-order valence-corrected chi connectivity index (χ0v) is 17.7. The summed E-state index contributed by atoms with van der Waals surface area (Å²) >= 11 is 0. The van der Waals surface area contributed by atoms with Gasteiger partial charge in [0.05, 0.1) is 38.7 Å². The third-order valence-corrected chi connectivity index (χ3v) is 6.93. The van der Waals surface area contributed by atoms with E-state index in [1.54, 1.807) is 26.4 Å². The van der Waals surface area contributed by atoms with Gasteiger partial charge < -0.3 is 14.4 Å². The van der Waals surface area contributed by atoms with Crippen molar-refractivity contribution >= 4 is 10.0 Å². The predicted molar refractivity (Wildman–Crippen MR) is 109 cm³/mol. The molecule has 1 aliphatic heterocycles. The average Bonchev–Trinajstić information content (AvgIpc) is 2.71. The number of fused-ring (bicyclic) bond motifs is 1. The number of quaternary nitrogens is 1. The van der Waals surface area contributed by atoms with E-state index in [1.807, 2.05) is 31.2 Å². The number of benzene rings is 2. The van der Waals surface area contributed by atoms with E-state index in [2.05, 4.69) is 11.6 Å². The molecule has 0 radical (unpaired) electrons. The first kappa shape index (κ1) is 20.6. The Labute approximate surface area is 167 Å². The SMILES string of the molecule is CC[NH+]1CCc2cc(OC)c(OC)cc2[C@H]1CNS(=O)(=O)c1ccc(C)cc1. The lowest BCUT2D eigenvalue weighted by Gasteiger charge is -2.34. The minimum Gasteiger partial charge on any atom is -0.493 e. The second-order valence-corrected chi connectivity index (χ2v) is 8.90. The first-order chi connectivity index (χ1) is 13.4. The number of ether oxygens (including phenoxy) is 2. The molecule has 2 aromatic carbocycles. The molecule has 0 saturated carbocycles. The molecule has 0 aromatic heterocycles. The summed E-state index contributed by atoms with van der Waals surface area (Å²) in [5.41, 5.74) is 3.34. The molecule has 2 N–H and O–H groups in total. The molecular formula is C21H29N2O4S+. The summed E-state index contributed by atoms with van der Waals surface area (Å²) in [6, 6.07) is 10.9. The zero-order valence-electron chi connectivity index (χ0n) is 16.9. The van der Waals surface area contributed by atoms with Crippen molar-refractivity contribution in [3.63, 3.8) is 0 Å². The highest BCUT2D eigenvalue weighted by molar-refractivity contribution is 7.89. The van der Waals surface area contributed by atoms with Crippen molar-refractivity contribution in [1.82, 2.24) is 4.72 Å². The van der Waals surface area contributed by atoms with Crippen LogP contribution in [-0.2, 0) is 16.4 Å². The molecule has 0 saturated heterocycles. The quantitative estimate of drug-likeness (QED) is 0.732. The second kappa shape index (κ2) is 8.51. The summed E-state index contributed by atoms with van der Waals surface area (Å²) in [7, 11) is -0.312. The summed E-state index contributed by atoms with van der Waals surface area (Å²) in [6.45, 7) is 6.28. The Bertz CT molecular complexity index is 926. The molecule has 2 aromatic rings. The number of likely N-dealkylation sites (N-methyl/N-ethyl adjacent to an activating group) is 1. The highest BCUT2D eigenvalue weighted by Crippen LogP contribution is 2.34. The molecule has 6 nitrogen and oxygen atoms in total. The zero-order chi connectivity index (χ0) is 20.3. The lowest BCUT2D eigenvalue weighted by molar-refractivity contribution is -0.930. The van der Waals surface area contributed by atoms with E-state index in [0.717, 1.165) is 30.6 Å². The summed E-state index contributed by atoms with van der Waals surface area (Å²) in [5.74, 6) is 1.38. The van der Waals surface area contributed by atoms with Gasteiger partial charge in [0.15, 0.2) is 11.5 Å². The second-order valence-electron chi connectivity index (χ2n) is 7.14. The van der Waals surface area contributed by atoms with Crippen LogP contribution in [0.1, 0.15) is 29.7 Å². The highest BCUT2D eigenvalue weighted by Gasteiger charge is 2.32. The summed E-state index contributed by atoms with van der Waals surface area (Å²) < 4.78 is 39.2. The van der Waals surface area contributed by atoms with E-state index in [4.69, 9.17) is 9.47 Å². The van der Waals surface area contributed by atoms with Gasteiger partial charge in [0.25, 0.3) is 0 Å². The molecule has 1 unspecified atom stereocenters. The van der Waals surface area contributed by atoms with Gasteiger partial charge in [0, 0.05) is 12.0 Å². The number of methoxy groups -OCH3 is 2. The number of nitrogens with one attached hydrogen (secondary N) is 2. The lowest BCUT2D eigenvalue weighted by Crippen LogP contribution is -3.13. The van der Waals surface area contributed by atoms with Crippen molar-refractivity contribution in [3.8, 4) is 11.5 Å². The largest absolute Gasteiger partial charge is 0.493 e. The maximum atomic E-state index is 12.8. The number of hydrogen-bond donors (Lipinski definition) is 2. The number of rotatable bonds is 7. The molecule has 2 atom stereocenters. The van der Waals surface area contributed by atoms with Crippen molar-refractivity contribution in [1.29, 1.82) is 0 Å². The first-order valence-corrected chi connectivity index (χ1v) is 11.0. The van der Waals surface area contributed by atoms with E-state index in [1.165, 1.54) is 10.5 Å². The monoisotopic (exact) mass is 405 g/mol. The Morgan fingerprint density at radius 1 is 1.11 bits per heavy atom. The molecular weight excluding hydrogens is 376 g/mol. The summed E-state index contributed by atoms with van der Waals surface area (Å²) in [4.78, 5) is 1.64. The maximum Gasteiger partial charge on any atom is 0.240 e. The maximum absolute atomic E-state index is 12.8. The van der Waals surface area contributed by atoms with E-state index in [-0.39, 0.29) is 6.04 Å². The Kier molecular flexibility index (Phi) is 6.27. The van der Waals surface area contributed by atoms with Crippen LogP contribution in [-0.4, -0.2) is 42.3 Å². The number of sulfonamides is 1. The van der Waals surface area contributed by atoms with Crippen molar-refractivity contribution in [3.05, 3.63) is 53.1 Å². The molecule has 28 heavy (non-hydrogen) atoms. The van der Waals surface area contributed by atoms with Gasteiger partial charge >= 0.3 is 0 Å². The van der Waals surface area contributed by atoms with E-state index in [0.29, 0.717) is 22.9 Å². The fraction of sp³-hybridized carbons (Fsp3) is 0.429. The van der Waals surface area contributed by atoms with Gasteiger partial charge in [-0.05, 0) is 43.7 Å². The molecule has 0 fully saturated rings. The van der Waals surface area contributed by atoms with Crippen LogP contribution in [0, 0.1) is 6.92 Å².